The smallest absolute Gasteiger partial charge is 0.342 e. The van der Waals surface area contributed by atoms with E-state index in [0.29, 0.717) is 17.0 Å². The van der Waals surface area contributed by atoms with Gasteiger partial charge in [0.15, 0.2) is 6.10 Å². The Hall–Kier alpha value is -3.14. The Labute approximate surface area is 165 Å². The number of para-hydroxylation sites is 1. The van der Waals surface area contributed by atoms with Gasteiger partial charge >= 0.3 is 5.97 Å². The molecule has 0 saturated heterocycles. The Bertz CT molecular complexity index is 912. The van der Waals surface area contributed by atoms with Crippen molar-refractivity contribution in [3.05, 3.63) is 47.3 Å². The number of hydrogen-bond acceptors (Lipinski definition) is 5. The van der Waals surface area contributed by atoms with Crippen molar-refractivity contribution in [3.8, 4) is 11.8 Å². The molecule has 2 atom stereocenters. The summed E-state index contributed by atoms with van der Waals surface area (Å²) in [4.78, 5) is 25.1. The molecule has 1 amide bonds. The molecule has 0 aliphatic carbocycles. The Kier molecular flexibility index (Phi) is 6.24. The second kappa shape index (κ2) is 8.26. The van der Waals surface area contributed by atoms with Crippen LogP contribution in [0.25, 0.3) is 5.69 Å². The van der Waals surface area contributed by atoms with Crippen molar-refractivity contribution in [1.82, 2.24) is 15.1 Å². The van der Waals surface area contributed by atoms with Crippen LogP contribution in [0.5, 0.6) is 0 Å². The monoisotopic (exact) mass is 382 g/mol. The molecule has 1 aromatic carbocycles. The van der Waals surface area contributed by atoms with Crippen molar-refractivity contribution in [2.24, 2.45) is 5.92 Å². The highest BCUT2D eigenvalue weighted by molar-refractivity contribution is 5.94. The van der Waals surface area contributed by atoms with Crippen LogP contribution in [0.1, 0.15) is 49.4 Å². The molecule has 28 heavy (non-hydrogen) atoms. The zero-order valence-corrected chi connectivity index (χ0v) is 17.1. The first-order valence-corrected chi connectivity index (χ1v) is 9.16. The zero-order chi connectivity index (χ0) is 21.1. The van der Waals surface area contributed by atoms with E-state index in [-0.39, 0.29) is 5.92 Å². The van der Waals surface area contributed by atoms with E-state index in [1.165, 1.54) is 6.92 Å². The number of aromatic nitrogens is 2. The number of ether oxygens (including phenoxy) is 1. The minimum Gasteiger partial charge on any atom is -0.449 e. The third-order valence-corrected chi connectivity index (χ3v) is 4.92. The van der Waals surface area contributed by atoms with E-state index in [0.717, 1.165) is 5.69 Å². The molecule has 2 rings (SSSR count). The molecule has 0 bridgehead atoms. The Morgan fingerprint density at radius 1 is 1.21 bits per heavy atom. The van der Waals surface area contributed by atoms with Crippen LogP contribution in [0.3, 0.4) is 0 Å². The molecule has 0 radical (unpaired) electrons. The lowest BCUT2D eigenvalue weighted by Gasteiger charge is -2.28. The number of esters is 1. The minimum absolute atomic E-state index is 0.0991. The van der Waals surface area contributed by atoms with E-state index in [1.54, 1.807) is 25.5 Å². The number of hydrogen-bond donors (Lipinski definition) is 1. The van der Waals surface area contributed by atoms with Gasteiger partial charge in [0.2, 0.25) is 0 Å². The summed E-state index contributed by atoms with van der Waals surface area (Å²) < 4.78 is 7.03. The molecule has 0 unspecified atom stereocenters. The highest BCUT2D eigenvalue weighted by Gasteiger charge is 2.33. The van der Waals surface area contributed by atoms with Gasteiger partial charge in [-0.1, -0.05) is 32.0 Å². The van der Waals surface area contributed by atoms with Crippen LogP contribution in [0, 0.1) is 31.1 Å². The highest BCUT2D eigenvalue weighted by Crippen LogP contribution is 2.20. The van der Waals surface area contributed by atoms with Gasteiger partial charge in [-0.2, -0.15) is 10.4 Å². The molecular weight excluding hydrogens is 356 g/mol. The molecule has 0 fully saturated rings. The maximum atomic E-state index is 12.7. The summed E-state index contributed by atoms with van der Waals surface area (Å²) in [7, 11) is 0. The molecular formula is C21H26N4O3. The van der Waals surface area contributed by atoms with E-state index in [1.807, 2.05) is 44.2 Å². The molecule has 0 aliphatic rings. The summed E-state index contributed by atoms with van der Waals surface area (Å²) in [5, 5.41) is 16.4. The average Bonchev–Trinajstić information content (AvgIpc) is 2.96. The summed E-state index contributed by atoms with van der Waals surface area (Å²) in [6.45, 7) is 10.3. The van der Waals surface area contributed by atoms with Crippen LogP contribution in [0.2, 0.25) is 0 Å². The number of nitrogens with one attached hydrogen (secondary N) is 1. The predicted molar refractivity (Wildman–Crippen MR) is 105 cm³/mol. The molecule has 0 aliphatic heterocycles. The summed E-state index contributed by atoms with van der Waals surface area (Å²) in [6, 6.07) is 11.6. The van der Waals surface area contributed by atoms with Crippen molar-refractivity contribution in [2.45, 2.75) is 53.2 Å². The number of nitrogens with zero attached hydrogens (tertiary/aromatic N) is 3. The lowest BCUT2D eigenvalue weighted by molar-refractivity contribution is -0.130. The third kappa shape index (κ3) is 4.22. The molecule has 7 nitrogen and oxygen atoms in total. The third-order valence-electron chi connectivity index (χ3n) is 4.92. The summed E-state index contributed by atoms with van der Waals surface area (Å²) >= 11 is 0. The van der Waals surface area contributed by atoms with Gasteiger partial charge in [0.05, 0.1) is 23.1 Å². The first kappa shape index (κ1) is 21.2. The maximum Gasteiger partial charge on any atom is 0.342 e. The molecule has 1 aromatic heterocycles. The number of carbonyl (C=O) groups is 2. The van der Waals surface area contributed by atoms with Gasteiger partial charge in [0, 0.05) is 0 Å². The van der Waals surface area contributed by atoms with Gasteiger partial charge in [-0.15, -0.1) is 0 Å². The van der Waals surface area contributed by atoms with Crippen LogP contribution in [0.15, 0.2) is 30.3 Å². The van der Waals surface area contributed by atoms with Crippen molar-refractivity contribution in [3.63, 3.8) is 0 Å². The van der Waals surface area contributed by atoms with Crippen molar-refractivity contribution < 1.29 is 14.3 Å². The predicted octanol–water partition coefficient (Wildman–Crippen LogP) is 3.09. The molecule has 1 heterocycles. The van der Waals surface area contributed by atoms with Gasteiger partial charge in [0.25, 0.3) is 5.91 Å². The van der Waals surface area contributed by atoms with E-state index in [2.05, 4.69) is 16.5 Å². The maximum absolute atomic E-state index is 12.7. The number of nitriles is 1. The van der Waals surface area contributed by atoms with E-state index < -0.39 is 23.5 Å². The first-order chi connectivity index (χ1) is 13.1. The van der Waals surface area contributed by atoms with Crippen LogP contribution in [-0.4, -0.2) is 33.3 Å². The van der Waals surface area contributed by atoms with Gasteiger partial charge in [0.1, 0.15) is 11.1 Å². The van der Waals surface area contributed by atoms with Gasteiger partial charge in [-0.05, 0) is 45.7 Å². The zero-order valence-electron chi connectivity index (χ0n) is 17.1. The lowest BCUT2D eigenvalue weighted by Crippen LogP contribution is -2.52. The van der Waals surface area contributed by atoms with Crippen LogP contribution >= 0.6 is 0 Å². The standard InChI is InChI=1S/C21H26N4O3/c1-13(2)21(6,12-22)23-19(26)16(5)28-20(27)18-14(3)24-25(15(18)4)17-10-8-7-9-11-17/h7-11,13,16H,1-6H3,(H,23,26)/t16-,21-/m1/s1. The number of benzene rings is 1. The van der Waals surface area contributed by atoms with E-state index in [9.17, 15) is 14.9 Å². The normalized spacial score (nSPS) is 14.1. The van der Waals surface area contributed by atoms with E-state index in [4.69, 9.17) is 4.74 Å². The first-order valence-electron chi connectivity index (χ1n) is 9.16. The molecule has 148 valence electrons. The summed E-state index contributed by atoms with van der Waals surface area (Å²) in [6.07, 6.45) is -1.04. The van der Waals surface area contributed by atoms with Crippen molar-refractivity contribution in [1.29, 1.82) is 5.26 Å². The Morgan fingerprint density at radius 3 is 2.36 bits per heavy atom. The fourth-order valence-corrected chi connectivity index (χ4v) is 2.69. The van der Waals surface area contributed by atoms with Gasteiger partial charge in [-0.3, -0.25) is 4.79 Å². The Morgan fingerprint density at radius 2 is 1.82 bits per heavy atom. The molecule has 2 aromatic rings. The van der Waals surface area contributed by atoms with Crippen LogP contribution < -0.4 is 5.32 Å². The largest absolute Gasteiger partial charge is 0.449 e. The SMILES string of the molecule is Cc1nn(-c2ccccc2)c(C)c1C(=O)O[C@H](C)C(=O)N[C@](C)(C#N)C(C)C. The molecule has 1 N–H and O–H groups in total. The second-order valence-electron chi connectivity index (χ2n) is 7.30. The Balaban J connectivity index is 2.18. The van der Waals surface area contributed by atoms with Gasteiger partial charge in [-0.25, -0.2) is 9.48 Å². The lowest BCUT2D eigenvalue weighted by atomic mass is 9.90. The van der Waals surface area contributed by atoms with E-state index >= 15 is 0 Å². The fourth-order valence-electron chi connectivity index (χ4n) is 2.69. The summed E-state index contributed by atoms with van der Waals surface area (Å²) in [5.74, 6) is -1.24. The van der Waals surface area contributed by atoms with Gasteiger partial charge < -0.3 is 10.1 Å². The number of rotatable bonds is 6. The quantitative estimate of drug-likeness (QED) is 0.774. The van der Waals surface area contributed by atoms with Crippen LogP contribution in [-0.2, 0) is 9.53 Å². The van der Waals surface area contributed by atoms with Crippen molar-refractivity contribution in [2.75, 3.05) is 0 Å². The average molecular weight is 382 g/mol. The molecule has 0 spiro atoms. The minimum atomic E-state index is -1.04. The second-order valence-corrected chi connectivity index (χ2v) is 7.30. The fraction of sp³-hybridized carbons (Fsp3) is 0.429. The van der Waals surface area contributed by atoms with Crippen LogP contribution in [0.4, 0.5) is 0 Å². The highest BCUT2D eigenvalue weighted by atomic mass is 16.5. The molecule has 7 heteroatoms. The number of aryl methyl sites for hydroxylation is 1. The van der Waals surface area contributed by atoms with Crippen molar-refractivity contribution >= 4 is 11.9 Å². The summed E-state index contributed by atoms with van der Waals surface area (Å²) in [5.41, 5.74) is 1.26. The topological polar surface area (TPSA) is 97.0 Å². The number of amides is 1. The molecule has 0 saturated carbocycles. The number of carbonyl (C=O) groups excluding carboxylic acids is 2.